The number of rotatable bonds is 7. The number of nitrogens with one attached hydrogen (secondary N) is 2. The quantitative estimate of drug-likeness (QED) is 0.607. The minimum Gasteiger partial charge on any atom is -0.434 e. The van der Waals surface area contributed by atoms with Crippen molar-refractivity contribution in [2.45, 2.75) is 51.2 Å². The van der Waals surface area contributed by atoms with Gasteiger partial charge in [-0.3, -0.25) is 14.4 Å². The predicted octanol–water partition coefficient (Wildman–Crippen LogP) is 4.45. The first-order chi connectivity index (χ1) is 16.9. The van der Waals surface area contributed by atoms with Crippen LogP contribution in [-0.4, -0.2) is 48.4 Å². The number of likely N-dealkylation sites (tertiary alicyclic amines) is 1. The standard InChI is InChI=1S/C26H29F2N3O4/c27-26(28)35-22-10-4-3-9-21(22)25(34)31-15-5-6-18(16-31)24(33)30-20-13-11-17(12-14-20)23(32)29-19-7-1-2-8-19/h3-4,9-14,18-19,26H,1-2,5-8,15-16H2,(H,29,32)(H,30,33). The summed E-state index contributed by atoms with van der Waals surface area (Å²) in [4.78, 5) is 39.8. The number of halogens is 2. The summed E-state index contributed by atoms with van der Waals surface area (Å²) in [6, 6.07) is 12.8. The number of benzene rings is 2. The van der Waals surface area contributed by atoms with Gasteiger partial charge in [0.25, 0.3) is 11.8 Å². The van der Waals surface area contributed by atoms with E-state index < -0.39 is 18.4 Å². The Labute approximate surface area is 202 Å². The minimum atomic E-state index is -3.04. The molecule has 2 aliphatic rings. The van der Waals surface area contributed by atoms with Crippen molar-refractivity contribution in [3.63, 3.8) is 0 Å². The third-order valence-corrected chi connectivity index (χ3v) is 6.52. The van der Waals surface area contributed by atoms with Crippen LogP contribution in [0.15, 0.2) is 48.5 Å². The van der Waals surface area contributed by atoms with E-state index in [2.05, 4.69) is 15.4 Å². The molecule has 35 heavy (non-hydrogen) atoms. The first kappa shape index (κ1) is 24.6. The Morgan fingerprint density at radius 2 is 1.66 bits per heavy atom. The van der Waals surface area contributed by atoms with E-state index in [1.807, 2.05) is 0 Å². The van der Waals surface area contributed by atoms with Gasteiger partial charge in [0.2, 0.25) is 5.91 Å². The maximum atomic E-state index is 13.0. The zero-order valence-corrected chi connectivity index (χ0v) is 19.3. The second-order valence-electron chi connectivity index (χ2n) is 8.99. The number of nitrogens with zero attached hydrogens (tertiary/aromatic N) is 1. The second kappa shape index (κ2) is 11.3. The average molecular weight is 486 g/mol. The Balaban J connectivity index is 1.34. The molecule has 7 nitrogen and oxygen atoms in total. The van der Waals surface area contributed by atoms with Crippen molar-refractivity contribution in [2.75, 3.05) is 18.4 Å². The third-order valence-electron chi connectivity index (χ3n) is 6.52. The summed E-state index contributed by atoms with van der Waals surface area (Å²) in [7, 11) is 0. The molecule has 2 aromatic carbocycles. The Hall–Kier alpha value is -3.49. The van der Waals surface area contributed by atoms with Crippen molar-refractivity contribution in [3.05, 3.63) is 59.7 Å². The molecule has 1 saturated heterocycles. The second-order valence-corrected chi connectivity index (χ2v) is 8.99. The monoisotopic (exact) mass is 485 g/mol. The lowest BCUT2D eigenvalue weighted by atomic mass is 9.96. The first-order valence-electron chi connectivity index (χ1n) is 12.0. The van der Waals surface area contributed by atoms with E-state index in [4.69, 9.17) is 0 Å². The molecule has 4 rings (SSSR count). The summed E-state index contributed by atoms with van der Waals surface area (Å²) < 4.78 is 29.9. The van der Waals surface area contributed by atoms with E-state index in [0.29, 0.717) is 30.6 Å². The molecule has 1 atom stereocenters. The highest BCUT2D eigenvalue weighted by molar-refractivity contribution is 5.98. The van der Waals surface area contributed by atoms with Gasteiger partial charge in [0.05, 0.1) is 11.5 Å². The molecule has 0 bridgehead atoms. The smallest absolute Gasteiger partial charge is 0.387 e. The van der Waals surface area contributed by atoms with Crippen molar-refractivity contribution < 1.29 is 27.9 Å². The lowest BCUT2D eigenvalue weighted by Gasteiger charge is -2.32. The Bertz CT molecular complexity index is 1050. The molecule has 1 unspecified atom stereocenters. The van der Waals surface area contributed by atoms with Crippen LogP contribution in [-0.2, 0) is 4.79 Å². The van der Waals surface area contributed by atoms with Gasteiger partial charge >= 0.3 is 6.61 Å². The van der Waals surface area contributed by atoms with Gasteiger partial charge in [0, 0.05) is 30.4 Å². The molecule has 9 heteroatoms. The van der Waals surface area contributed by atoms with E-state index in [-0.39, 0.29) is 35.7 Å². The molecule has 3 amide bonds. The lowest BCUT2D eigenvalue weighted by molar-refractivity contribution is -0.121. The van der Waals surface area contributed by atoms with Crippen LogP contribution in [0.2, 0.25) is 0 Å². The van der Waals surface area contributed by atoms with Gasteiger partial charge in [-0.1, -0.05) is 25.0 Å². The lowest BCUT2D eigenvalue weighted by Crippen LogP contribution is -2.43. The highest BCUT2D eigenvalue weighted by Crippen LogP contribution is 2.26. The van der Waals surface area contributed by atoms with Crippen LogP contribution in [0.25, 0.3) is 0 Å². The molecule has 2 N–H and O–H groups in total. The third kappa shape index (κ3) is 6.35. The van der Waals surface area contributed by atoms with Gasteiger partial charge in [-0.05, 0) is 62.1 Å². The van der Waals surface area contributed by atoms with E-state index in [1.54, 1.807) is 30.3 Å². The molecule has 0 spiro atoms. The number of carbonyl (C=O) groups excluding carboxylic acids is 3. The zero-order chi connectivity index (χ0) is 24.8. The van der Waals surface area contributed by atoms with Gasteiger partial charge in [-0.15, -0.1) is 0 Å². The van der Waals surface area contributed by atoms with E-state index >= 15 is 0 Å². The number of piperidine rings is 1. The van der Waals surface area contributed by atoms with E-state index in [0.717, 1.165) is 25.7 Å². The molecule has 1 saturated carbocycles. The number of para-hydroxylation sites is 1. The number of amides is 3. The molecule has 1 aliphatic carbocycles. The zero-order valence-electron chi connectivity index (χ0n) is 19.3. The van der Waals surface area contributed by atoms with Gasteiger partial charge in [0.15, 0.2) is 0 Å². The van der Waals surface area contributed by atoms with Crippen molar-refractivity contribution in [1.29, 1.82) is 0 Å². The molecular formula is C26H29F2N3O4. The molecule has 2 fully saturated rings. The summed E-state index contributed by atoms with van der Waals surface area (Å²) in [6.07, 6.45) is 5.50. The first-order valence-corrected chi connectivity index (χ1v) is 12.0. The largest absolute Gasteiger partial charge is 0.434 e. The van der Waals surface area contributed by atoms with E-state index in [9.17, 15) is 23.2 Å². The summed E-state index contributed by atoms with van der Waals surface area (Å²) in [5, 5.41) is 5.89. The number of carbonyl (C=O) groups is 3. The maximum absolute atomic E-state index is 13.0. The maximum Gasteiger partial charge on any atom is 0.387 e. The fourth-order valence-electron chi connectivity index (χ4n) is 4.68. The predicted molar refractivity (Wildman–Crippen MR) is 126 cm³/mol. The molecule has 0 aromatic heterocycles. The molecule has 186 valence electrons. The highest BCUT2D eigenvalue weighted by Gasteiger charge is 2.30. The van der Waals surface area contributed by atoms with Gasteiger partial charge in [-0.25, -0.2) is 0 Å². The van der Waals surface area contributed by atoms with Crippen LogP contribution in [0, 0.1) is 5.92 Å². The number of hydrogen-bond donors (Lipinski definition) is 2. The van der Waals surface area contributed by atoms with Crippen LogP contribution < -0.4 is 15.4 Å². The Kier molecular flexibility index (Phi) is 7.94. The van der Waals surface area contributed by atoms with Crippen LogP contribution in [0.5, 0.6) is 5.75 Å². The fourth-order valence-corrected chi connectivity index (χ4v) is 4.68. The van der Waals surface area contributed by atoms with Gasteiger partial charge in [0.1, 0.15) is 5.75 Å². The normalized spacial score (nSPS) is 18.4. The number of hydrogen-bond acceptors (Lipinski definition) is 4. The number of anilines is 1. The van der Waals surface area contributed by atoms with Crippen LogP contribution in [0.3, 0.4) is 0 Å². The van der Waals surface area contributed by atoms with Crippen molar-refractivity contribution >= 4 is 23.4 Å². The number of alkyl halides is 2. The number of ether oxygens (including phenoxy) is 1. The van der Waals surface area contributed by atoms with Crippen LogP contribution in [0.1, 0.15) is 59.2 Å². The summed E-state index contributed by atoms with van der Waals surface area (Å²) >= 11 is 0. The van der Waals surface area contributed by atoms with Crippen LogP contribution >= 0.6 is 0 Å². The summed E-state index contributed by atoms with van der Waals surface area (Å²) in [5.41, 5.74) is 1.14. The molecule has 0 radical (unpaired) electrons. The SMILES string of the molecule is O=C(NC1CCCC1)c1ccc(NC(=O)C2CCCN(C(=O)c3ccccc3OC(F)F)C2)cc1. The van der Waals surface area contributed by atoms with E-state index in [1.165, 1.54) is 23.1 Å². The molecular weight excluding hydrogens is 456 g/mol. The van der Waals surface area contributed by atoms with Gasteiger partial charge < -0.3 is 20.3 Å². The minimum absolute atomic E-state index is 0.0420. The average Bonchev–Trinajstić information content (AvgIpc) is 3.37. The summed E-state index contributed by atoms with van der Waals surface area (Å²) in [5.74, 6) is -1.43. The topological polar surface area (TPSA) is 87.7 Å². The van der Waals surface area contributed by atoms with Crippen molar-refractivity contribution in [3.8, 4) is 5.75 Å². The molecule has 1 heterocycles. The highest BCUT2D eigenvalue weighted by atomic mass is 19.3. The molecule has 1 aliphatic heterocycles. The Morgan fingerprint density at radius 3 is 2.37 bits per heavy atom. The van der Waals surface area contributed by atoms with Crippen molar-refractivity contribution in [1.82, 2.24) is 10.2 Å². The fraction of sp³-hybridized carbons (Fsp3) is 0.423. The summed E-state index contributed by atoms with van der Waals surface area (Å²) in [6.45, 7) is -2.43. The van der Waals surface area contributed by atoms with Crippen LogP contribution in [0.4, 0.5) is 14.5 Å². The van der Waals surface area contributed by atoms with Gasteiger partial charge in [-0.2, -0.15) is 8.78 Å². The Morgan fingerprint density at radius 1 is 0.943 bits per heavy atom. The molecule has 2 aromatic rings. The van der Waals surface area contributed by atoms with Crippen molar-refractivity contribution in [2.24, 2.45) is 5.92 Å².